The summed E-state index contributed by atoms with van der Waals surface area (Å²) in [6.07, 6.45) is 1.16. The molecule has 0 aliphatic heterocycles. The third kappa shape index (κ3) is 2.10. The Morgan fingerprint density at radius 2 is 2.09 bits per heavy atom. The van der Waals surface area contributed by atoms with E-state index < -0.39 is 5.97 Å². The average Bonchev–Trinajstić information content (AvgIpc) is 3.11. The van der Waals surface area contributed by atoms with E-state index in [1.165, 1.54) is 0 Å². The molecule has 116 valence electrons. The Morgan fingerprint density at radius 1 is 1.26 bits per heavy atom. The summed E-state index contributed by atoms with van der Waals surface area (Å²) in [7, 11) is 0. The van der Waals surface area contributed by atoms with E-state index in [0.717, 1.165) is 22.4 Å². The first-order chi connectivity index (χ1) is 11.1. The largest absolute Gasteiger partial charge is 0.481 e. The van der Waals surface area contributed by atoms with Gasteiger partial charge in [0.05, 0.1) is 5.52 Å². The van der Waals surface area contributed by atoms with Crippen LogP contribution in [0.2, 0.25) is 0 Å². The van der Waals surface area contributed by atoms with Gasteiger partial charge in [-0.1, -0.05) is 12.1 Å². The van der Waals surface area contributed by atoms with Crippen molar-refractivity contribution in [3.63, 3.8) is 0 Å². The van der Waals surface area contributed by atoms with Gasteiger partial charge < -0.3 is 5.11 Å². The minimum atomic E-state index is -0.807. The summed E-state index contributed by atoms with van der Waals surface area (Å²) in [5.74, 6) is 1.17. The third-order valence-electron chi connectivity index (χ3n) is 3.79. The fourth-order valence-electron chi connectivity index (χ4n) is 2.84. The van der Waals surface area contributed by atoms with E-state index >= 15 is 0 Å². The lowest BCUT2D eigenvalue weighted by atomic mass is 10.2. The highest BCUT2D eigenvalue weighted by molar-refractivity contribution is 5.93. The molecule has 1 N–H and O–H groups in total. The minimum Gasteiger partial charge on any atom is -0.481 e. The number of carboxylic acids is 1. The Morgan fingerprint density at radius 3 is 2.91 bits per heavy atom. The van der Waals surface area contributed by atoms with Gasteiger partial charge in [-0.3, -0.25) is 9.20 Å². The summed E-state index contributed by atoms with van der Waals surface area (Å²) >= 11 is 0. The van der Waals surface area contributed by atoms with Crippen LogP contribution in [0.4, 0.5) is 0 Å². The first kappa shape index (κ1) is 13.6. The molecule has 8 heteroatoms. The highest BCUT2D eigenvalue weighted by Gasteiger charge is 2.16. The van der Waals surface area contributed by atoms with Gasteiger partial charge in [0.2, 0.25) is 0 Å². The molecule has 1 aromatic carbocycles. The Balaban J connectivity index is 1.99. The van der Waals surface area contributed by atoms with Crippen molar-refractivity contribution < 1.29 is 9.90 Å². The number of aryl methyl sites for hydroxylation is 2. The van der Waals surface area contributed by atoms with Gasteiger partial charge >= 0.3 is 5.97 Å². The Bertz CT molecular complexity index is 1050. The molecule has 0 aliphatic rings. The van der Waals surface area contributed by atoms with Crippen LogP contribution in [0.15, 0.2) is 24.3 Å². The number of fused-ring (bicyclic) bond motifs is 6. The predicted octanol–water partition coefficient (Wildman–Crippen LogP) is 1.64. The van der Waals surface area contributed by atoms with Crippen LogP contribution >= 0.6 is 0 Å². The Labute approximate surface area is 130 Å². The second-order valence-electron chi connectivity index (χ2n) is 5.41. The summed E-state index contributed by atoms with van der Waals surface area (Å²) in [4.78, 5) is 15.2. The quantitative estimate of drug-likeness (QED) is 0.615. The van der Waals surface area contributed by atoms with Gasteiger partial charge in [-0.15, -0.1) is 15.3 Å². The van der Waals surface area contributed by atoms with Crippen LogP contribution in [-0.2, 0) is 11.2 Å². The maximum absolute atomic E-state index is 10.7. The summed E-state index contributed by atoms with van der Waals surface area (Å²) in [5, 5.41) is 22.6. The molecular weight excluding hydrogens is 296 g/mol. The number of rotatable bonds is 4. The summed E-state index contributed by atoms with van der Waals surface area (Å²) in [6, 6.07) is 7.87. The van der Waals surface area contributed by atoms with Crippen molar-refractivity contribution in [3.05, 3.63) is 35.9 Å². The molecule has 0 aliphatic carbocycles. The number of hydrogen-bond donors (Lipinski definition) is 1. The lowest BCUT2D eigenvalue weighted by Crippen LogP contribution is -2.03. The number of nitrogens with zero attached hydrogens (tertiary/aromatic N) is 6. The average molecular weight is 310 g/mol. The smallest absolute Gasteiger partial charge is 0.303 e. The van der Waals surface area contributed by atoms with Crippen molar-refractivity contribution in [2.24, 2.45) is 0 Å². The molecule has 0 saturated heterocycles. The molecule has 23 heavy (non-hydrogen) atoms. The molecule has 4 rings (SSSR count). The summed E-state index contributed by atoms with van der Waals surface area (Å²) in [6.45, 7) is 1.84. The normalized spacial score (nSPS) is 11.7. The van der Waals surface area contributed by atoms with Crippen molar-refractivity contribution in [2.75, 3.05) is 0 Å². The van der Waals surface area contributed by atoms with Crippen LogP contribution < -0.4 is 0 Å². The molecule has 0 spiro atoms. The standard InChI is InChI=1S/C15H14N6O2/c1-9-16-14-10-5-2-3-6-11(10)20-12(7-4-8-13(22)23)17-18-15(20)21(14)19-9/h2-3,5-6H,4,7-8H2,1H3,(H,22,23). The van der Waals surface area contributed by atoms with Crippen LogP contribution in [-0.4, -0.2) is 40.3 Å². The number of carbonyl (C=O) groups is 1. The Kier molecular flexibility index (Phi) is 2.97. The van der Waals surface area contributed by atoms with Crippen molar-refractivity contribution in [1.29, 1.82) is 0 Å². The van der Waals surface area contributed by atoms with E-state index in [1.54, 1.807) is 4.52 Å². The fraction of sp³-hybridized carbons (Fsp3) is 0.267. The van der Waals surface area contributed by atoms with Crippen molar-refractivity contribution >= 4 is 28.3 Å². The molecule has 0 amide bonds. The molecule has 3 heterocycles. The van der Waals surface area contributed by atoms with E-state index in [2.05, 4.69) is 20.3 Å². The minimum absolute atomic E-state index is 0.109. The zero-order valence-electron chi connectivity index (χ0n) is 12.5. The molecule has 4 aromatic rings. The van der Waals surface area contributed by atoms with Crippen LogP contribution in [0.25, 0.3) is 22.3 Å². The number of carboxylic acid groups (broad SMARTS) is 1. The zero-order chi connectivity index (χ0) is 16.0. The van der Waals surface area contributed by atoms with E-state index in [1.807, 2.05) is 35.6 Å². The molecule has 3 aromatic heterocycles. The lowest BCUT2D eigenvalue weighted by Gasteiger charge is -2.06. The van der Waals surface area contributed by atoms with Gasteiger partial charge in [0.15, 0.2) is 5.65 Å². The highest BCUT2D eigenvalue weighted by atomic mass is 16.4. The maximum atomic E-state index is 10.7. The second kappa shape index (κ2) is 5.01. The van der Waals surface area contributed by atoms with Crippen molar-refractivity contribution in [1.82, 2.24) is 29.2 Å². The van der Waals surface area contributed by atoms with Gasteiger partial charge in [0, 0.05) is 18.2 Å². The van der Waals surface area contributed by atoms with Crippen molar-refractivity contribution in [3.8, 4) is 0 Å². The first-order valence-electron chi connectivity index (χ1n) is 7.35. The van der Waals surface area contributed by atoms with Crippen LogP contribution in [0.5, 0.6) is 0 Å². The van der Waals surface area contributed by atoms with Crippen LogP contribution in [0, 0.1) is 6.92 Å². The number of benzene rings is 1. The lowest BCUT2D eigenvalue weighted by molar-refractivity contribution is -0.137. The van der Waals surface area contributed by atoms with E-state index in [9.17, 15) is 4.79 Å². The number of hydrogen-bond acceptors (Lipinski definition) is 5. The zero-order valence-corrected chi connectivity index (χ0v) is 12.5. The van der Waals surface area contributed by atoms with Crippen LogP contribution in [0.3, 0.4) is 0 Å². The number of aliphatic carboxylic acids is 1. The van der Waals surface area contributed by atoms with E-state index in [-0.39, 0.29) is 6.42 Å². The molecule has 8 nitrogen and oxygen atoms in total. The summed E-state index contributed by atoms with van der Waals surface area (Å²) < 4.78 is 3.61. The SMILES string of the molecule is Cc1nc2c3ccccc3n3c(CCCC(=O)O)nnc3n2n1. The first-order valence-corrected chi connectivity index (χ1v) is 7.35. The van der Waals surface area contributed by atoms with Gasteiger partial charge in [-0.25, -0.2) is 4.98 Å². The number of para-hydroxylation sites is 1. The van der Waals surface area contributed by atoms with Gasteiger partial charge in [0.1, 0.15) is 11.6 Å². The predicted molar refractivity (Wildman–Crippen MR) is 82.3 cm³/mol. The molecule has 0 unspecified atom stereocenters. The van der Waals surface area contributed by atoms with Crippen molar-refractivity contribution in [2.45, 2.75) is 26.2 Å². The maximum Gasteiger partial charge on any atom is 0.303 e. The molecule has 0 radical (unpaired) electrons. The molecular formula is C15H14N6O2. The van der Waals surface area contributed by atoms with E-state index in [4.69, 9.17) is 5.11 Å². The van der Waals surface area contributed by atoms with E-state index in [0.29, 0.717) is 24.4 Å². The number of aromatic nitrogens is 6. The molecule has 0 saturated carbocycles. The van der Waals surface area contributed by atoms with Gasteiger partial charge in [-0.05, 0) is 25.5 Å². The monoisotopic (exact) mass is 310 g/mol. The van der Waals surface area contributed by atoms with Crippen LogP contribution in [0.1, 0.15) is 24.5 Å². The fourth-order valence-corrected chi connectivity index (χ4v) is 2.84. The third-order valence-corrected chi connectivity index (χ3v) is 3.79. The van der Waals surface area contributed by atoms with Gasteiger partial charge in [-0.2, -0.15) is 4.52 Å². The summed E-state index contributed by atoms with van der Waals surface area (Å²) in [5.41, 5.74) is 1.69. The molecule has 0 atom stereocenters. The molecule has 0 bridgehead atoms. The molecule has 0 fully saturated rings. The topological polar surface area (TPSA) is 97.7 Å². The second-order valence-corrected chi connectivity index (χ2v) is 5.41. The van der Waals surface area contributed by atoms with Gasteiger partial charge in [0.25, 0.3) is 5.78 Å². The Hall–Kier alpha value is -3.03. The highest BCUT2D eigenvalue weighted by Crippen LogP contribution is 2.22.